The summed E-state index contributed by atoms with van der Waals surface area (Å²) in [4.78, 5) is 0.369. The zero-order chi connectivity index (χ0) is 16.5. The van der Waals surface area contributed by atoms with E-state index in [1.54, 1.807) is 16.4 Å². The van der Waals surface area contributed by atoms with E-state index in [2.05, 4.69) is 13.8 Å². The van der Waals surface area contributed by atoms with Crippen LogP contribution in [0.15, 0.2) is 29.2 Å². The fourth-order valence-electron chi connectivity index (χ4n) is 3.21. The lowest BCUT2D eigenvalue weighted by Crippen LogP contribution is -2.47. The number of hydrogen-bond donors (Lipinski definition) is 0. The molecule has 1 aromatic carbocycles. The molecule has 2 aliphatic rings. The molecule has 1 spiro atoms. The van der Waals surface area contributed by atoms with E-state index in [-0.39, 0.29) is 0 Å². The Bertz CT molecular complexity index is 625. The maximum Gasteiger partial charge on any atom is 0.243 e. The molecule has 1 aromatic rings. The molecular weight excluding hydrogens is 314 g/mol. The minimum absolute atomic E-state index is 0.369. The first-order valence-corrected chi connectivity index (χ1v) is 9.79. The smallest absolute Gasteiger partial charge is 0.243 e. The third-order valence-corrected chi connectivity index (χ3v) is 6.91. The van der Waals surface area contributed by atoms with Crippen molar-refractivity contribution in [3.63, 3.8) is 0 Å². The van der Waals surface area contributed by atoms with E-state index in [0.717, 1.165) is 6.42 Å². The highest BCUT2D eigenvalue weighted by Crippen LogP contribution is 2.33. The first-order chi connectivity index (χ1) is 11.0. The van der Waals surface area contributed by atoms with Crippen molar-refractivity contribution in [2.45, 2.75) is 49.7 Å². The maximum absolute atomic E-state index is 12.8. The number of sulfonamides is 1. The van der Waals surface area contributed by atoms with E-state index in [9.17, 15) is 8.42 Å². The zero-order valence-electron chi connectivity index (χ0n) is 13.8. The van der Waals surface area contributed by atoms with Gasteiger partial charge in [-0.05, 0) is 30.0 Å². The van der Waals surface area contributed by atoms with Crippen LogP contribution in [0, 0.1) is 0 Å². The van der Waals surface area contributed by atoms with Gasteiger partial charge in [-0.1, -0.05) is 26.0 Å². The molecular formula is C17H25NO4S. The van der Waals surface area contributed by atoms with Gasteiger partial charge in [-0.2, -0.15) is 4.31 Å². The van der Waals surface area contributed by atoms with Crippen molar-refractivity contribution in [2.75, 3.05) is 26.3 Å². The predicted molar refractivity (Wildman–Crippen MR) is 87.8 cm³/mol. The highest BCUT2D eigenvalue weighted by Gasteiger charge is 2.42. The van der Waals surface area contributed by atoms with Crippen molar-refractivity contribution in [3.8, 4) is 0 Å². The lowest BCUT2D eigenvalue weighted by molar-refractivity contribution is -0.179. The van der Waals surface area contributed by atoms with E-state index >= 15 is 0 Å². The lowest BCUT2D eigenvalue weighted by atomic mass is 9.99. The molecule has 2 fully saturated rings. The Balaban J connectivity index is 1.72. The van der Waals surface area contributed by atoms with Crippen molar-refractivity contribution in [3.05, 3.63) is 29.8 Å². The second kappa shape index (κ2) is 6.51. The molecule has 2 aliphatic heterocycles. The summed E-state index contributed by atoms with van der Waals surface area (Å²) in [6.07, 6.45) is 2.23. The molecule has 23 heavy (non-hydrogen) atoms. The van der Waals surface area contributed by atoms with Gasteiger partial charge in [0.25, 0.3) is 0 Å². The molecule has 5 nitrogen and oxygen atoms in total. The molecule has 0 saturated carbocycles. The van der Waals surface area contributed by atoms with Gasteiger partial charge >= 0.3 is 0 Å². The Labute approximate surface area is 138 Å². The lowest BCUT2D eigenvalue weighted by Gasteiger charge is -2.36. The van der Waals surface area contributed by atoms with Crippen LogP contribution in [0.5, 0.6) is 0 Å². The Morgan fingerprint density at radius 2 is 1.70 bits per heavy atom. The van der Waals surface area contributed by atoms with Gasteiger partial charge in [0.05, 0.1) is 18.1 Å². The monoisotopic (exact) mass is 339 g/mol. The summed E-state index contributed by atoms with van der Waals surface area (Å²) in [6, 6.07) is 7.30. The minimum atomic E-state index is -3.44. The predicted octanol–water partition coefficient (Wildman–Crippen LogP) is 2.73. The summed E-state index contributed by atoms with van der Waals surface area (Å²) in [5, 5.41) is 0. The Kier molecular flexibility index (Phi) is 4.78. The summed E-state index contributed by atoms with van der Waals surface area (Å²) >= 11 is 0. The van der Waals surface area contributed by atoms with Crippen LogP contribution < -0.4 is 0 Å². The van der Waals surface area contributed by atoms with Gasteiger partial charge < -0.3 is 9.47 Å². The van der Waals surface area contributed by atoms with E-state index in [0.29, 0.717) is 50.0 Å². The first-order valence-electron chi connectivity index (χ1n) is 8.35. The summed E-state index contributed by atoms with van der Waals surface area (Å²) in [6.45, 7) is 6.36. The summed E-state index contributed by atoms with van der Waals surface area (Å²) in [5.41, 5.74) is 1.18. The van der Waals surface area contributed by atoms with Crippen molar-refractivity contribution >= 4 is 10.0 Å². The number of benzene rings is 1. The van der Waals surface area contributed by atoms with Crippen LogP contribution >= 0.6 is 0 Å². The highest BCUT2D eigenvalue weighted by atomic mass is 32.2. The van der Waals surface area contributed by atoms with Crippen LogP contribution in [0.4, 0.5) is 0 Å². The van der Waals surface area contributed by atoms with Gasteiger partial charge in [-0.15, -0.1) is 0 Å². The average molecular weight is 339 g/mol. The molecule has 0 radical (unpaired) electrons. The minimum Gasteiger partial charge on any atom is -0.347 e. The topological polar surface area (TPSA) is 55.8 Å². The van der Waals surface area contributed by atoms with Crippen LogP contribution in [-0.4, -0.2) is 44.8 Å². The molecule has 0 bridgehead atoms. The van der Waals surface area contributed by atoms with Crippen LogP contribution in [0.1, 0.15) is 44.6 Å². The van der Waals surface area contributed by atoms with Gasteiger partial charge in [-0.3, -0.25) is 0 Å². The third kappa shape index (κ3) is 3.31. The Morgan fingerprint density at radius 3 is 2.22 bits per heavy atom. The highest BCUT2D eigenvalue weighted by molar-refractivity contribution is 7.89. The fourth-order valence-corrected chi connectivity index (χ4v) is 4.65. The van der Waals surface area contributed by atoms with E-state index < -0.39 is 15.8 Å². The van der Waals surface area contributed by atoms with Gasteiger partial charge in [0, 0.05) is 25.9 Å². The van der Waals surface area contributed by atoms with Crippen molar-refractivity contribution in [2.24, 2.45) is 0 Å². The van der Waals surface area contributed by atoms with Crippen LogP contribution in [-0.2, 0) is 19.5 Å². The van der Waals surface area contributed by atoms with Gasteiger partial charge in [-0.25, -0.2) is 8.42 Å². The molecule has 128 valence electrons. The number of ether oxygens (including phenoxy) is 2. The van der Waals surface area contributed by atoms with Crippen molar-refractivity contribution in [1.82, 2.24) is 4.31 Å². The molecule has 3 rings (SSSR count). The average Bonchev–Trinajstić information content (AvgIpc) is 3.02. The number of hydrogen-bond acceptors (Lipinski definition) is 4. The third-order valence-electron chi connectivity index (χ3n) is 5.00. The number of piperidine rings is 1. The van der Waals surface area contributed by atoms with E-state index in [1.807, 2.05) is 12.1 Å². The molecule has 1 unspecified atom stereocenters. The number of rotatable bonds is 4. The van der Waals surface area contributed by atoms with Crippen LogP contribution in [0.2, 0.25) is 0 Å². The zero-order valence-corrected chi connectivity index (χ0v) is 14.6. The molecule has 6 heteroatoms. The second-order valence-electron chi connectivity index (χ2n) is 6.39. The van der Waals surface area contributed by atoms with Crippen LogP contribution in [0.25, 0.3) is 0 Å². The summed E-state index contributed by atoms with van der Waals surface area (Å²) < 4.78 is 38.4. The van der Waals surface area contributed by atoms with E-state index in [1.165, 1.54) is 5.56 Å². The summed E-state index contributed by atoms with van der Waals surface area (Å²) in [5.74, 6) is -0.106. The van der Waals surface area contributed by atoms with Gasteiger partial charge in [0.1, 0.15) is 0 Å². The SMILES string of the molecule is CCC(C)c1ccc(S(=O)(=O)N2CCC3(CC2)OCCO3)cc1. The Hall–Kier alpha value is -0.950. The molecule has 2 heterocycles. The Morgan fingerprint density at radius 1 is 1.13 bits per heavy atom. The second-order valence-corrected chi connectivity index (χ2v) is 8.33. The summed E-state index contributed by atoms with van der Waals surface area (Å²) in [7, 11) is -3.44. The first kappa shape index (κ1) is 16.9. The molecule has 0 aliphatic carbocycles. The molecule has 0 aromatic heterocycles. The van der Waals surface area contributed by atoms with Gasteiger partial charge in [0.15, 0.2) is 5.79 Å². The molecule has 1 atom stereocenters. The molecule has 2 saturated heterocycles. The standard InChI is InChI=1S/C17H25NO4S/c1-3-14(2)15-4-6-16(7-5-15)23(19,20)18-10-8-17(9-11-18)21-12-13-22-17/h4-7,14H,3,8-13H2,1-2H3. The fraction of sp³-hybridized carbons (Fsp3) is 0.647. The normalized spacial score (nSPS) is 23.2. The number of nitrogens with zero attached hydrogens (tertiary/aromatic N) is 1. The molecule has 0 amide bonds. The van der Waals surface area contributed by atoms with Crippen LogP contribution in [0.3, 0.4) is 0 Å². The van der Waals surface area contributed by atoms with E-state index in [4.69, 9.17) is 9.47 Å². The van der Waals surface area contributed by atoms with Gasteiger partial charge in [0.2, 0.25) is 10.0 Å². The molecule has 0 N–H and O–H groups in total. The maximum atomic E-state index is 12.8. The van der Waals surface area contributed by atoms with Crippen molar-refractivity contribution in [1.29, 1.82) is 0 Å². The van der Waals surface area contributed by atoms with Crippen molar-refractivity contribution < 1.29 is 17.9 Å². The largest absolute Gasteiger partial charge is 0.347 e. The quantitative estimate of drug-likeness (QED) is 0.846.